The molecule has 2 rings (SSSR count). The largest absolute Gasteiger partial charge is 0.507 e. The number of hydrogen-bond acceptors (Lipinski definition) is 5. The topological polar surface area (TPSA) is 83.8 Å². The van der Waals surface area contributed by atoms with Gasteiger partial charge in [0.05, 0.1) is 11.6 Å². The van der Waals surface area contributed by atoms with Crippen LogP contribution in [0.1, 0.15) is 42.1 Å². The molecule has 0 unspecified atom stereocenters. The van der Waals surface area contributed by atoms with Crippen molar-refractivity contribution in [1.82, 2.24) is 0 Å². The SMILES string of the molecule is C/C=C\C=C\C(=O)Cc1c(Cl)c(O)cc(O)c1C(=O)OCCC1CC1. The van der Waals surface area contributed by atoms with Crippen LogP contribution in [0.5, 0.6) is 11.5 Å². The van der Waals surface area contributed by atoms with E-state index < -0.39 is 17.5 Å². The van der Waals surface area contributed by atoms with Crippen molar-refractivity contribution in [2.75, 3.05) is 6.61 Å². The van der Waals surface area contributed by atoms with Gasteiger partial charge in [-0.2, -0.15) is 0 Å². The van der Waals surface area contributed by atoms with Crippen LogP contribution in [0.25, 0.3) is 0 Å². The van der Waals surface area contributed by atoms with Crippen LogP contribution >= 0.6 is 11.6 Å². The maximum Gasteiger partial charge on any atom is 0.342 e. The van der Waals surface area contributed by atoms with Crippen LogP contribution < -0.4 is 0 Å². The highest BCUT2D eigenvalue weighted by Crippen LogP contribution is 2.37. The highest BCUT2D eigenvalue weighted by atomic mass is 35.5. The monoisotopic (exact) mass is 364 g/mol. The summed E-state index contributed by atoms with van der Waals surface area (Å²) in [5.41, 5.74) is -0.114. The van der Waals surface area contributed by atoms with Crippen molar-refractivity contribution in [2.24, 2.45) is 5.92 Å². The number of phenolic OH excluding ortho intramolecular Hbond substituents is 2. The summed E-state index contributed by atoms with van der Waals surface area (Å²) in [5, 5.41) is 19.7. The van der Waals surface area contributed by atoms with E-state index in [9.17, 15) is 19.8 Å². The first-order chi connectivity index (χ1) is 11.9. The van der Waals surface area contributed by atoms with Crippen molar-refractivity contribution in [3.05, 3.63) is 46.5 Å². The molecule has 0 aromatic heterocycles. The van der Waals surface area contributed by atoms with Crippen LogP contribution in [0.15, 0.2) is 30.4 Å². The van der Waals surface area contributed by atoms with E-state index in [0.717, 1.165) is 25.3 Å². The molecule has 1 aromatic carbocycles. The molecule has 0 saturated heterocycles. The molecule has 25 heavy (non-hydrogen) atoms. The first-order valence-electron chi connectivity index (χ1n) is 8.16. The lowest BCUT2D eigenvalue weighted by Gasteiger charge is -2.13. The Bertz CT molecular complexity index is 717. The summed E-state index contributed by atoms with van der Waals surface area (Å²) in [7, 11) is 0. The Morgan fingerprint density at radius 3 is 2.64 bits per heavy atom. The molecule has 0 spiro atoms. The lowest BCUT2D eigenvalue weighted by atomic mass is 10.00. The minimum Gasteiger partial charge on any atom is -0.507 e. The average Bonchev–Trinajstić information content (AvgIpc) is 3.37. The van der Waals surface area contributed by atoms with Crippen LogP contribution in [0.4, 0.5) is 0 Å². The molecule has 0 atom stereocenters. The fraction of sp³-hybridized carbons (Fsp3) is 0.368. The molecule has 1 saturated carbocycles. The van der Waals surface area contributed by atoms with Gasteiger partial charge in [0, 0.05) is 18.1 Å². The lowest BCUT2D eigenvalue weighted by molar-refractivity contribution is -0.114. The van der Waals surface area contributed by atoms with Gasteiger partial charge in [-0.3, -0.25) is 4.79 Å². The number of aromatic hydroxyl groups is 2. The molecule has 6 heteroatoms. The molecule has 1 aliphatic carbocycles. The highest BCUT2D eigenvalue weighted by Gasteiger charge is 2.26. The standard InChI is InChI=1S/C19H21ClO5/c1-2-3-4-5-13(21)10-14-17(15(22)11-16(23)18(14)20)19(24)25-9-8-12-6-7-12/h2-5,11-12,22-23H,6-10H2,1H3/b3-2-,5-4+. The fourth-order valence-corrected chi connectivity index (χ4v) is 2.60. The van der Waals surface area contributed by atoms with Gasteiger partial charge in [-0.1, -0.05) is 42.7 Å². The smallest absolute Gasteiger partial charge is 0.342 e. The van der Waals surface area contributed by atoms with Crippen molar-refractivity contribution >= 4 is 23.4 Å². The zero-order chi connectivity index (χ0) is 18.4. The zero-order valence-corrected chi connectivity index (χ0v) is 14.8. The Kier molecular flexibility index (Phi) is 6.65. The van der Waals surface area contributed by atoms with Crippen LogP contribution in [-0.4, -0.2) is 28.6 Å². The summed E-state index contributed by atoms with van der Waals surface area (Å²) in [6.07, 6.45) is 9.18. The second kappa shape index (κ2) is 8.72. The molecule has 0 amide bonds. The first-order valence-corrected chi connectivity index (χ1v) is 8.54. The van der Waals surface area contributed by atoms with Crippen molar-refractivity contribution in [2.45, 2.75) is 32.6 Å². The van der Waals surface area contributed by atoms with Gasteiger partial charge in [-0.25, -0.2) is 4.79 Å². The Labute approximate surface area is 151 Å². The molecule has 1 fully saturated rings. The van der Waals surface area contributed by atoms with E-state index in [-0.39, 0.29) is 35.0 Å². The molecule has 1 aliphatic rings. The maximum absolute atomic E-state index is 12.3. The van der Waals surface area contributed by atoms with Gasteiger partial charge >= 0.3 is 5.97 Å². The van der Waals surface area contributed by atoms with E-state index in [1.807, 2.05) is 6.92 Å². The minimum absolute atomic E-state index is 0.0608. The maximum atomic E-state index is 12.3. The Morgan fingerprint density at radius 2 is 2.00 bits per heavy atom. The molecule has 0 bridgehead atoms. The Morgan fingerprint density at radius 1 is 1.28 bits per heavy atom. The van der Waals surface area contributed by atoms with Crippen LogP contribution in [-0.2, 0) is 16.0 Å². The number of allylic oxidation sites excluding steroid dienone is 4. The normalized spacial score (nSPS) is 14.3. The van der Waals surface area contributed by atoms with E-state index in [1.54, 1.807) is 18.2 Å². The molecule has 2 N–H and O–H groups in total. The number of rotatable bonds is 8. The third kappa shape index (κ3) is 5.36. The molecular weight excluding hydrogens is 344 g/mol. The molecule has 1 aromatic rings. The van der Waals surface area contributed by atoms with Crippen LogP contribution in [0.2, 0.25) is 5.02 Å². The quantitative estimate of drug-likeness (QED) is 0.414. The van der Waals surface area contributed by atoms with Crippen LogP contribution in [0, 0.1) is 5.92 Å². The predicted octanol–water partition coefficient (Wildman–Crippen LogP) is 3.95. The third-order valence-corrected chi connectivity index (χ3v) is 4.34. The van der Waals surface area contributed by atoms with Crippen LogP contribution in [0.3, 0.4) is 0 Å². The summed E-state index contributed by atoms with van der Waals surface area (Å²) in [6, 6.07) is 0.976. The van der Waals surface area contributed by atoms with E-state index in [2.05, 4.69) is 0 Å². The van der Waals surface area contributed by atoms with E-state index >= 15 is 0 Å². The van der Waals surface area contributed by atoms with Gasteiger partial charge in [0.1, 0.15) is 17.1 Å². The molecule has 0 radical (unpaired) electrons. The third-order valence-electron chi connectivity index (χ3n) is 3.92. The Balaban J connectivity index is 2.22. The lowest BCUT2D eigenvalue weighted by Crippen LogP contribution is -2.13. The van der Waals surface area contributed by atoms with Crippen molar-refractivity contribution in [1.29, 1.82) is 0 Å². The number of ketones is 1. The number of halogens is 1. The van der Waals surface area contributed by atoms with Gasteiger partial charge < -0.3 is 14.9 Å². The number of ether oxygens (including phenoxy) is 1. The number of carbonyl (C=O) groups is 2. The number of carbonyl (C=O) groups excluding carboxylic acids is 2. The van der Waals surface area contributed by atoms with Crippen molar-refractivity contribution in [3.8, 4) is 11.5 Å². The predicted molar refractivity (Wildman–Crippen MR) is 95.1 cm³/mol. The molecule has 134 valence electrons. The van der Waals surface area contributed by atoms with Crippen molar-refractivity contribution < 1.29 is 24.5 Å². The Hall–Kier alpha value is -2.27. The summed E-state index contributed by atoms with van der Waals surface area (Å²) in [6.45, 7) is 2.06. The van der Waals surface area contributed by atoms with E-state index in [4.69, 9.17) is 16.3 Å². The second-order valence-electron chi connectivity index (χ2n) is 5.98. The summed E-state index contributed by atoms with van der Waals surface area (Å²) in [4.78, 5) is 24.4. The van der Waals surface area contributed by atoms with E-state index in [1.165, 1.54) is 6.08 Å². The van der Waals surface area contributed by atoms with Gasteiger partial charge in [0.25, 0.3) is 0 Å². The molecule has 0 aliphatic heterocycles. The highest BCUT2D eigenvalue weighted by molar-refractivity contribution is 6.33. The zero-order valence-electron chi connectivity index (χ0n) is 14.0. The van der Waals surface area contributed by atoms with Gasteiger partial charge in [0.2, 0.25) is 0 Å². The number of benzene rings is 1. The summed E-state index contributed by atoms with van der Waals surface area (Å²) < 4.78 is 5.20. The number of phenols is 2. The second-order valence-corrected chi connectivity index (χ2v) is 6.36. The molecule has 5 nitrogen and oxygen atoms in total. The molecular formula is C19H21ClO5. The first kappa shape index (κ1) is 19.1. The molecule has 0 heterocycles. The van der Waals surface area contributed by atoms with E-state index in [0.29, 0.717) is 5.92 Å². The fourth-order valence-electron chi connectivity index (χ4n) is 2.38. The minimum atomic E-state index is -0.750. The van der Waals surface area contributed by atoms with Gasteiger partial charge in [-0.15, -0.1) is 0 Å². The number of hydrogen-bond donors (Lipinski definition) is 2. The van der Waals surface area contributed by atoms with Crippen molar-refractivity contribution in [3.63, 3.8) is 0 Å². The van der Waals surface area contributed by atoms with Gasteiger partial charge in [-0.05, 0) is 25.3 Å². The number of esters is 1. The summed E-state index contributed by atoms with van der Waals surface area (Å²) >= 11 is 6.06. The average molecular weight is 365 g/mol. The van der Waals surface area contributed by atoms with Gasteiger partial charge in [0.15, 0.2) is 5.78 Å². The summed E-state index contributed by atoms with van der Waals surface area (Å²) in [5.74, 6) is -1.33.